The topological polar surface area (TPSA) is 56.5 Å². The Morgan fingerprint density at radius 2 is 1.48 bits per heavy atom. The van der Waals surface area contributed by atoms with Gasteiger partial charge in [0.15, 0.2) is 6.10 Å². The number of Topliss-reactive ketones (excluding diaryl/α,β-unsaturated/α-hetero) is 1. The third-order valence-corrected chi connectivity index (χ3v) is 3.90. The van der Waals surface area contributed by atoms with E-state index < -0.39 is 12.1 Å². The Morgan fingerprint density at radius 1 is 0.880 bits per heavy atom. The predicted octanol–water partition coefficient (Wildman–Crippen LogP) is 4.68. The number of esters is 1. The van der Waals surface area contributed by atoms with E-state index in [2.05, 4.69) is 0 Å². The van der Waals surface area contributed by atoms with Gasteiger partial charge in [-0.3, -0.25) is 4.79 Å². The summed E-state index contributed by atoms with van der Waals surface area (Å²) in [4.78, 5) is 25.2. The van der Waals surface area contributed by atoms with Crippen molar-refractivity contribution in [1.29, 1.82) is 0 Å². The highest BCUT2D eigenvalue weighted by Crippen LogP contribution is 2.25. The number of carbonyl (C=O) groups excluding carboxylic acids is 2. The summed E-state index contributed by atoms with van der Waals surface area (Å²) in [6, 6.07) is 17.6. The van der Waals surface area contributed by atoms with Crippen LogP contribution >= 0.6 is 0 Å². The SMILES string of the molecule is Cc1ccc(C(=O)[C@@H](OC(=O)c2ccco2)c2ccc(C)cc2)cc1. The predicted molar refractivity (Wildman–Crippen MR) is 93.6 cm³/mol. The largest absolute Gasteiger partial charge is 0.457 e. The number of furan rings is 1. The summed E-state index contributed by atoms with van der Waals surface area (Å²) in [6.45, 7) is 3.90. The fraction of sp³-hybridized carbons (Fsp3) is 0.143. The molecule has 2 aromatic carbocycles. The van der Waals surface area contributed by atoms with Crippen molar-refractivity contribution < 1.29 is 18.7 Å². The highest BCUT2D eigenvalue weighted by molar-refractivity contribution is 6.01. The van der Waals surface area contributed by atoms with Crippen LogP contribution in [0.15, 0.2) is 71.3 Å². The quantitative estimate of drug-likeness (QED) is 0.502. The highest BCUT2D eigenvalue weighted by atomic mass is 16.6. The van der Waals surface area contributed by atoms with Crippen LogP contribution in [0.1, 0.15) is 43.7 Å². The molecule has 3 aromatic rings. The number of hydrogen-bond acceptors (Lipinski definition) is 4. The molecule has 0 N–H and O–H groups in total. The van der Waals surface area contributed by atoms with Gasteiger partial charge in [-0.1, -0.05) is 59.7 Å². The summed E-state index contributed by atoms with van der Waals surface area (Å²) in [5.41, 5.74) is 3.22. The molecule has 126 valence electrons. The van der Waals surface area contributed by atoms with E-state index in [9.17, 15) is 9.59 Å². The molecule has 1 aromatic heterocycles. The number of aryl methyl sites for hydroxylation is 2. The fourth-order valence-corrected chi connectivity index (χ4v) is 2.44. The van der Waals surface area contributed by atoms with Crippen molar-refractivity contribution in [2.75, 3.05) is 0 Å². The smallest absolute Gasteiger partial charge is 0.375 e. The van der Waals surface area contributed by atoms with Gasteiger partial charge in [-0.2, -0.15) is 0 Å². The van der Waals surface area contributed by atoms with E-state index >= 15 is 0 Å². The molecular formula is C21H18O4. The molecule has 0 saturated heterocycles. The van der Waals surface area contributed by atoms with Crippen LogP contribution in [0.5, 0.6) is 0 Å². The lowest BCUT2D eigenvalue weighted by atomic mass is 9.98. The molecule has 0 amide bonds. The second kappa shape index (κ2) is 7.18. The Hall–Kier alpha value is -3.14. The lowest BCUT2D eigenvalue weighted by Crippen LogP contribution is -2.20. The second-order valence-corrected chi connectivity index (χ2v) is 5.90. The van der Waals surface area contributed by atoms with Gasteiger partial charge in [0.05, 0.1) is 6.26 Å². The fourth-order valence-electron chi connectivity index (χ4n) is 2.44. The van der Waals surface area contributed by atoms with Crippen LogP contribution in [0.3, 0.4) is 0 Å². The molecule has 0 unspecified atom stereocenters. The third kappa shape index (κ3) is 3.86. The number of rotatable bonds is 5. The van der Waals surface area contributed by atoms with E-state index in [1.54, 1.807) is 30.3 Å². The van der Waals surface area contributed by atoms with Gasteiger partial charge in [-0.05, 0) is 26.0 Å². The molecule has 3 rings (SSSR count). The van der Waals surface area contributed by atoms with E-state index in [0.717, 1.165) is 11.1 Å². The molecule has 0 spiro atoms. The normalized spacial score (nSPS) is 11.8. The first-order valence-electron chi connectivity index (χ1n) is 7.96. The maximum Gasteiger partial charge on any atom is 0.375 e. The lowest BCUT2D eigenvalue weighted by Gasteiger charge is -2.17. The van der Waals surface area contributed by atoms with E-state index in [0.29, 0.717) is 11.1 Å². The van der Waals surface area contributed by atoms with Crippen LogP contribution in [-0.4, -0.2) is 11.8 Å². The Bertz CT molecular complexity index is 859. The van der Waals surface area contributed by atoms with Crippen LogP contribution in [0.25, 0.3) is 0 Å². The van der Waals surface area contributed by atoms with Crippen LogP contribution < -0.4 is 0 Å². The molecule has 1 atom stereocenters. The zero-order chi connectivity index (χ0) is 17.8. The van der Waals surface area contributed by atoms with Crippen molar-refractivity contribution in [3.05, 3.63) is 94.9 Å². The number of hydrogen-bond donors (Lipinski definition) is 0. The Labute approximate surface area is 146 Å². The van der Waals surface area contributed by atoms with Crippen LogP contribution in [0, 0.1) is 13.8 Å². The number of ketones is 1. The van der Waals surface area contributed by atoms with Crippen molar-refractivity contribution in [2.24, 2.45) is 0 Å². The Balaban J connectivity index is 1.93. The molecule has 0 radical (unpaired) electrons. The maximum absolute atomic E-state index is 12.9. The second-order valence-electron chi connectivity index (χ2n) is 5.90. The van der Waals surface area contributed by atoms with Gasteiger partial charge in [-0.15, -0.1) is 0 Å². The first-order valence-corrected chi connectivity index (χ1v) is 7.96. The molecule has 0 aliphatic carbocycles. The molecule has 0 aliphatic rings. The van der Waals surface area contributed by atoms with Crippen LogP contribution in [0.2, 0.25) is 0 Å². The molecule has 0 bridgehead atoms. The minimum Gasteiger partial charge on any atom is -0.457 e. The molecule has 4 heteroatoms. The van der Waals surface area contributed by atoms with Crippen molar-refractivity contribution in [1.82, 2.24) is 0 Å². The van der Waals surface area contributed by atoms with E-state index in [4.69, 9.17) is 9.15 Å². The first-order chi connectivity index (χ1) is 12.0. The zero-order valence-corrected chi connectivity index (χ0v) is 14.1. The average Bonchev–Trinajstić information content (AvgIpc) is 3.15. The summed E-state index contributed by atoms with van der Waals surface area (Å²) in [7, 11) is 0. The van der Waals surface area contributed by atoms with Crippen LogP contribution in [0.4, 0.5) is 0 Å². The molecule has 0 saturated carbocycles. The molecule has 25 heavy (non-hydrogen) atoms. The van der Waals surface area contributed by atoms with Gasteiger partial charge in [0.25, 0.3) is 0 Å². The number of carbonyl (C=O) groups is 2. The van der Waals surface area contributed by atoms with Gasteiger partial charge < -0.3 is 9.15 Å². The Morgan fingerprint density at radius 3 is 2.04 bits per heavy atom. The van der Waals surface area contributed by atoms with Gasteiger partial charge in [0.1, 0.15) is 0 Å². The van der Waals surface area contributed by atoms with E-state index in [1.165, 1.54) is 12.3 Å². The lowest BCUT2D eigenvalue weighted by molar-refractivity contribution is 0.0250. The van der Waals surface area contributed by atoms with Crippen LogP contribution in [-0.2, 0) is 4.74 Å². The Kier molecular flexibility index (Phi) is 4.80. The standard InChI is InChI=1S/C21H18O4/c1-14-5-9-16(10-6-14)19(22)20(17-11-7-15(2)8-12-17)25-21(23)18-4-3-13-24-18/h3-13,20H,1-2H3/t20-/m0/s1. The van der Waals surface area contributed by atoms with Gasteiger partial charge in [-0.25, -0.2) is 4.79 Å². The summed E-state index contributed by atoms with van der Waals surface area (Å²) >= 11 is 0. The molecule has 4 nitrogen and oxygen atoms in total. The maximum atomic E-state index is 12.9. The third-order valence-electron chi connectivity index (χ3n) is 3.90. The monoisotopic (exact) mass is 334 g/mol. The molecular weight excluding hydrogens is 316 g/mol. The van der Waals surface area contributed by atoms with E-state index in [1.807, 2.05) is 38.1 Å². The van der Waals surface area contributed by atoms with Crippen molar-refractivity contribution in [3.8, 4) is 0 Å². The number of ether oxygens (including phenoxy) is 1. The summed E-state index contributed by atoms with van der Waals surface area (Å²) in [5, 5.41) is 0. The minimum atomic E-state index is -1.03. The van der Waals surface area contributed by atoms with Gasteiger partial charge in [0, 0.05) is 11.1 Å². The van der Waals surface area contributed by atoms with Gasteiger partial charge in [0.2, 0.25) is 11.5 Å². The van der Waals surface area contributed by atoms with Gasteiger partial charge >= 0.3 is 5.97 Å². The summed E-state index contributed by atoms with van der Waals surface area (Å²) in [5.74, 6) is -0.881. The minimum absolute atomic E-state index is 0.0637. The average molecular weight is 334 g/mol. The first kappa shape index (κ1) is 16.7. The molecule has 0 aliphatic heterocycles. The van der Waals surface area contributed by atoms with Crippen molar-refractivity contribution in [2.45, 2.75) is 20.0 Å². The zero-order valence-electron chi connectivity index (χ0n) is 14.1. The highest BCUT2D eigenvalue weighted by Gasteiger charge is 2.27. The van der Waals surface area contributed by atoms with Crippen molar-refractivity contribution in [3.63, 3.8) is 0 Å². The summed E-state index contributed by atoms with van der Waals surface area (Å²) in [6.07, 6.45) is 0.361. The molecule has 0 fully saturated rings. The summed E-state index contributed by atoms with van der Waals surface area (Å²) < 4.78 is 10.6. The van der Waals surface area contributed by atoms with Crippen molar-refractivity contribution >= 4 is 11.8 Å². The number of benzene rings is 2. The molecule has 1 heterocycles. The van der Waals surface area contributed by atoms with E-state index in [-0.39, 0.29) is 11.5 Å².